The number of hydrogen-bond donors (Lipinski definition) is 0. The Morgan fingerprint density at radius 3 is 1.88 bits per heavy atom. The van der Waals surface area contributed by atoms with Crippen LogP contribution in [0.1, 0.15) is 17.0 Å². The van der Waals surface area contributed by atoms with Crippen molar-refractivity contribution in [2.75, 3.05) is 4.90 Å². The van der Waals surface area contributed by atoms with Crippen molar-refractivity contribution in [3.63, 3.8) is 0 Å². The third kappa shape index (κ3) is 4.57. The van der Waals surface area contributed by atoms with E-state index < -0.39 is 0 Å². The second-order valence-electron chi connectivity index (χ2n) is 13.3. The van der Waals surface area contributed by atoms with E-state index >= 15 is 0 Å². The van der Waals surface area contributed by atoms with Gasteiger partial charge in [-0.15, -0.1) is 0 Å². The van der Waals surface area contributed by atoms with Gasteiger partial charge in [0.05, 0.1) is 17.1 Å². The Morgan fingerprint density at radius 2 is 1.06 bits per heavy atom. The lowest BCUT2D eigenvalue weighted by atomic mass is 9.86. The number of allylic oxidation sites excluding steroid dienone is 2. The van der Waals surface area contributed by atoms with Gasteiger partial charge in [-0.05, 0) is 75.9 Å². The highest BCUT2D eigenvalue weighted by Gasteiger charge is 2.39. The maximum Gasteiger partial charge on any atom is 0.0630 e. The van der Waals surface area contributed by atoms with Gasteiger partial charge in [-0.25, -0.2) is 0 Å². The molecule has 50 heavy (non-hydrogen) atoms. The highest BCUT2D eigenvalue weighted by Crippen LogP contribution is 2.51. The average Bonchev–Trinajstić information content (AvgIpc) is 3.71. The van der Waals surface area contributed by atoms with Gasteiger partial charge in [0.15, 0.2) is 0 Å². The van der Waals surface area contributed by atoms with Crippen molar-refractivity contribution in [2.45, 2.75) is 12.0 Å². The zero-order chi connectivity index (χ0) is 33.0. The molecule has 8 aromatic rings. The van der Waals surface area contributed by atoms with Gasteiger partial charge in [0.25, 0.3) is 0 Å². The summed E-state index contributed by atoms with van der Waals surface area (Å²) in [5, 5.41) is 2.54. The van der Waals surface area contributed by atoms with Gasteiger partial charge in [0.1, 0.15) is 0 Å². The summed E-state index contributed by atoms with van der Waals surface area (Å²) in [5.74, 6) is 0.246. The second-order valence-corrected chi connectivity index (χ2v) is 13.3. The Balaban J connectivity index is 1.05. The number of para-hydroxylation sites is 3. The van der Waals surface area contributed by atoms with Crippen LogP contribution in [0, 0.1) is 0 Å². The minimum absolute atomic E-state index is 0.200. The molecule has 7 aromatic carbocycles. The molecule has 0 saturated heterocycles. The highest BCUT2D eigenvalue weighted by atomic mass is 15.2. The number of hydrogen-bond acceptors (Lipinski definition) is 1. The lowest BCUT2D eigenvalue weighted by Gasteiger charge is -2.31. The summed E-state index contributed by atoms with van der Waals surface area (Å²) < 4.78 is 2.40. The van der Waals surface area contributed by atoms with Gasteiger partial charge in [-0.3, -0.25) is 0 Å². The SMILES string of the molecule is C1=CC2C(C=C1c1ccc3c(c1)c1ccccc1n3-c1ccc(-c3ccccc3)cc1)c1ccccc1N2c1ccccc1-c1ccccc1. The van der Waals surface area contributed by atoms with Gasteiger partial charge in [-0.1, -0.05) is 152 Å². The van der Waals surface area contributed by atoms with Crippen molar-refractivity contribution in [2.24, 2.45) is 0 Å². The molecule has 2 unspecified atom stereocenters. The van der Waals surface area contributed by atoms with E-state index in [2.05, 4.69) is 204 Å². The number of rotatable bonds is 5. The second kappa shape index (κ2) is 11.6. The summed E-state index contributed by atoms with van der Waals surface area (Å²) in [7, 11) is 0. The molecule has 2 heteroatoms. The molecule has 0 spiro atoms. The number of benzene rings is 7. The van der Waals surface area contributed by atoms with Crippen molar-refractivity contribution in [1.29, 1.82) is 0 Å². The van der Waals surface area contributed by atoms with Crippen LogP contribution in [-0.4, -0.2) is 10.6 Å². The maximum atomic E-state index is 2.55. The summed E-state index contributed by atoms with van der Waals surface area (Å²) in [4.78, 5) is 2.55. The molecule has 0 N–H and O–H groups in total. The fraction of sp³-hybridized carbons (Fsp3) is 0.0417. The first kappa shape index (κ1) is 28.6. The van der Waals surface area contributed by atoms with E-state index in [4.69, 9.17) is 0 Å². The molecule has 0 fully saturated rings. The monoisotopic (exact) mass is 638 g/mol. The third-order valence-corrected chi connectivity index (χ3v) is 10.5. The molecule has 0 amide bonds. The lowest BCUT2D eigenvalue weighted by Crippen LogP contribution is -2.29. The molecular weight excluding hydrogens is 605 g/mol. The van der Waals surface area contributed by atoms with Crippen LogP contribution in [0.3, 0.4) is 0 Å². The van der Waals surface area contributed by atoms with Gasteiger partial charge < -0.3 is 9.47 Å². The summed E-state index contributed by atoms with van der Waals surface area (Å²) in [6, 6.07) is 64.0. The molecule has 2 nitrogen and oxygen atoms in total. The van der Waals surface area contributed by atoms with Gasteiger partial charge in [-0.2, -0.15) is 0 Å². The Bertz CT molecular complexity index is 2590. The molecule has 1 aliphatic heterocycles. The summed E-state index contributed by atoms with van der Waals surface area (Å²) in [5.41, 5.74) is 15.0. The third-order valence-electron chi connectivity index (χ3n) is 10.5. The van der Waals surface area contributed by atoms with E-state index in [0.717, 1.165) is 0 Å². The normalized spacial score (nSPS) is 16.4. The average molecular weight is 639 g/mol. The first-order chi connectivity index (χ1) is 24.8. The molecule has 2 heterocycles. The fourth-order valence-electron chi connectivity index (χ4n) is 8.23. The van der Waals surface area contributed by atoms with Crippen molar-refractivity contribution >= 4 is 38.8 Å². The standard InChI is InChI=1S/C48H34N2/c1-3-13-33(14-4-1)34-23-27-38(28-24-34)49-45-21-11-8-18-40(45)42-31-36(25-29-47(42)49)37-26-30-48-43(32-37)41-19-9-12-22-46(41)50(48)44-20-10-7-17-39(44)35-15-5-2-6-16-35/h1-32,43,48H. The summed E-state index contributed by atoms with van der Waals surface area (Å²) >= 11 is 0. The van der Waals surface area contributed by atoms with Gasteiger partial charge in [0.2, 0.25) is 0 Å². The maximum absolute atomic E-state index is 2.55. The van der Waals surface area contributed by atoms with Crippen LogP contribution in [-0.2, 0) is 0 Å². The summed E-state index contributed by atoms with van der Waals surface area (Å²) in [6.45, 7) is 0. The van der Waals surface area contributed by atoms with Gasteiger partial charge in [0, 0.05) is 39.3 Å². The first-order valence-electron chi connectivity index (χ1n) is 17.4. The van der Waals surface area contributed by atoms with Crippen LogP contribution in [0.2, 0.25) is 0 Å². The van der Waals surface area contributed by atoms with E-state index in [-0.39, 0.29) is 12.0 Å². The minimum Gasteiger partial charge on any atom is -0.333 e. The molecule has 10 rings (SSSR count). The van der Waals surface area contributed by atoms with Gasteiger partial charge >= 0.3 is 0 Å². The van der Waals surface area contributed by atoms with Crippen LogP contribution >= 0.6 is 0 Å². The van der Waals surface area contributed by atoms with Crippen molar-refractivity contribution in [3.8, 4) is 27.9 Å². The van der Waals surface area contributed by atoms with Crippen LogP contribution in [0.5, 0.6) is 0 Å². The van der Waals surface area contributed by atoms with E-state index in [1.807, 2.05) is 0 Å². The predicted molar refractivity (Wildman–Crippen MR) is 210 cm³/mol. The molecule has 0 bridgehead atoms. The van der Waals surface area contributed by atoms with Crippen LogP contribution < -0.4 is 4.90 Å². The molecule has 236 valence electrons. The Morgan fingerprint density at radius 1 is 0.440 bits per heavy atom. The fourth-order valence-corrected chi connectivity index (χ4v) is 8.23. The molecule has 0 saturated carbocycles. The van der Waals surface area contributed by atoms with Crippen molar-refractivity contribution in [3.05, 3.63) is 205 Å². The van der Waals surface area contributed by atoms with Crippen LogP contribution in [0.25, 0.3) is 55.3 Å². The number of aromatic nitrogens is 1. The zero-order valence-electron chi connectivity index (χ0n) is 27.5. The molecule has 2 atom stereocenters. The van der Waals surface area contributed by atoms with E-state index in [9.17, 15) is 0 Å². The number of fused-ring (bicyclic) bond motifs is 6. The topological polar surface area (TPSA) is 8.17 Å². The zero-order valence-corrected chi connectivity index (χ0v) is 27.5. The van der Waals surface area contributed by atoms with Crippen molar-refractivity contribution < 1.29 is 0 Å². The molecular formula is C48H34N2. The van der Waals surface area contributed by atoms with Crippen LogP contribution in [0.15, 0.2) is 194 Å². The minimum atomic E-state index is 0.200. The Labute approximate surface area is 292 Å². The largest absolute Gasteiger partial charge is 0.333 e. The lowest BCUT2D eigenvalue weighted by molar-refractivity contribution is 0.747. The highest BCUT2D eigenvalue weighted by molar-refractivity contribution is 6.10. The Hall–Kier alpha value is -6.38. The molecule has 0 radical (unpaired) electrons. The summed E-state index contributed by atoms with van der Waals surface area (Å²) in [6.07, 6.45) is 7.26. The molecule has 1 aromatic heterocycles. The van der Waals surface area contributed by atoms with Crippen molar-refractivity contribution in [1.82, 2.24) is 4.57 Å². The van der Waals surface area contributed by atoms with E-state index in [1.165, 1.54) is 77.8 Å². The number of anilines is 2. The van der Waals surface area contributed by atoms with E-state index in [0.29, 0.717) is 0 Å². The smallest absolute Gasteiger partial charge is 0.0630 e. The Kier molecular flexibility index (Phi) is 6.67. The van der Waals surface area contributed by atoms with E-state index in [1.54, 1.807) is 0 Å². The first-order valence-corrected chi connectivity index (χ1v) is 17.4. The molecule has 2 aliphatic rings. The quantitative estimate of drug-likeness (QED) is 0.182. The number of nitrogens with zero attached hydrogens (tertiary/aromatic N) is 2. The van der Waals surface area contributed by atoms with Crippen LogP contribution in [0.4, 0.5) is 11.4 Å². The molecule has 1 aliphatic carbocycles. The predicted octanol–water partition coefficient (Wildman–Crippen LogP) is 12.4.